The molecule has 0 bridgehead atoms. The van der Waals surface area contributed by atoms with Gasteiger partial charge in [-0.05, 0) is 128 Å². The average molecular weight is 595 g/mol. The molecule has 0 heterocycles. The van der Waals surface area contributed by atoms with Crippen molar-refractivity contribution in [3.05, 3.63) is 71.8 Å². The number of azo groups is 1. The van der Waals surface area contributed by atoms with Crippen molar-refractivity contribution in [1.82, 2.24) is 0 Å². The number of hydrogen-bond acceptors (Lipinski definition) is 4. The maximum absolute atomic E-state index is 13.1. The van der Waals surface area contributed by atoms with Crippen LogP contribution in [0, 0.1) is 46.3 Å². The van der Waals surface area contributed by atoms with Gasteiger partial charge in [-0.3, -0.25) is 0 Å². The van der Waals surface area contributed by atoms with E-state index in [2.05, 4.69) is 50.9 Å². The highest BCUT2D eigenvalue weighted by Gasteiger charge is 2.59. The van der Waals surface area contributed by atoms with Crippen LogP contribution in [0.1, 0.15) is 116 Å². The molecular weight excluding hydrogens is 540 g/mol. The molecular formula is C40H54N2O2. The van der Waals surface area contributed by atoms with Crippen LogP contribution in [0.25, 0.3) is 0 Å². The molecule has 0 aromatic heterocycles. The summed E-state index contributed by atoms with van der Waals surface area (Å²) in [6.07, 6.45) is 16.6. The summed E-state index contributed by atoms with van der Waals surface area (Å²) in [6.45, 7) is 12.5. The number of ether oxygens (including phenoxy) is 1. The second kappa shape index (κ2) is 12.9. The van der Waals surface area contributed by atoms with Gasteiger partial charge in [0.05, 0.1) is 16.9 Å². The first kappa shape index (κ1) is 31.2. The molecule has 8 atom stereocenters. The first-order chi connectivity index (χ1) is 21.2. The lowest BCUT2D eigenvalue weighted by atomic mass is 9.47. The fourth-order valence-corrected chi connectivity index (χ4v) is 10.2. The molecule has 0 spiro atoms. The van der Waals surface area contributed by atoms with Crippen molar-refractivity contribution in [2.24, 2.45) is 56.6 Å². The minimum absolute atomic E-state index is 0.0350. The van der Waals surface area contributed by atoms with Crippen molar-refractivity contribution < 1.29 is 9.53 Å². The third-order valence-electron chi connectivity index (χ3n) is 12.7. The molecule has 2 aromatic rings. The van der Waals surface area contributed by atoms with Crippen molar-refractivity contribution in [2.75, 3.05) is 0 Å². The fourth-order valence-electron chi connectivity index (χ4n) is 10.2. The van der Waals surface area contributed by atoms with E-state index in [0.717, 1.165) is 66.1 Å². The highest BCUT2D eigenvalue weighted by Crippen LogP contribution is 2.67. The number of carbonyl (C=O) groups is 1. The van der Waals surface area contributed by atoms with Crippen LogP contribution >= 0.6 is 0 Å². The zero-order valence-electron chi connectivity index (χ0n) is 27.8. The van der Waals surface area contributed by atoms with Crippen molar-refractivity contribution in [3.63, 3.8) is 0 Å². The maximum Gasteiger partial charge on any atom is 0.338 e. The molecule has 4 aliphatic rings. The Balaban J connectivity index is 1.06. The van der Waals surface area contributed by atoms with Crippen molar-refractivity contribution in [1.29, 1.82) is 0 Å². The van der Waals surface area contributed by atoms with Crippen molar-refractivity contribution in [2.45, 2.75) is 111 Å². The summed E-state index contributed by atoms with van der Waals surface area (Å²) >= 11 is 0. The van der Waals surface area contributed by atoms with Crippen LogP contribution in [-0.2, 0) is 4.74 Å². The third-order valence-corrected chi connectivity index (χ3v) is 12.7. The van der Waals surface area contributed by atoms with E-state index in [4.69, 9.17) is 4.74 Å². The molecule has 0 N–H and O–H groups in total. The summed E-state index contributed by atoms with van der Waals surface area (Å²) in [7, 11) is 0. The van der Waals surface area contributed by atoms with Gasteiger partial charge in [0.25, 0.3) is 0 Å². The van der Waals surface area contributed by atoms with E-state index in [-0.39, 0.29) is 17.5 Å². The molecule has 0 radical (unpaired) electrons. The second-order valence-electron chi connectivity index (χ2n) is 15.6. The molecule has 0 aliphatic heterocycles. The molecule has 2 aromatic carbocycles. The van der Waals surface area contributed by atoms with Crippen molar-refractivity contribution in [3.8, 4) is 0 Å². The van der Waals surface area contributed by atoms with Gasteiger partial charge < -0.3 is 4.74 Å². The molecule has 236 valence electrons. The van der Waals surface area contributed by atoms with Gasteiger partial charge in [0, 0.05) is 6.42 Å². The molecule has 3 saturated carbocycles. The SMILES string of the molecule is CC(C)CCCC(C)C1CCC2C3CC=C4CC(OC(=O)c5ccc(/N=N/c6ccccc6)cc5)CCC4(C)C3CCC12C. The van der Waals surface area contributed by atoms with E-state index in [0.29, 0.717) is 11.0 Å². The zero-order valence-corrected chi connectivity index (χ0v) is 27.8. The third kappa shape index (κ3) is 6.20. The Kier molecular flexibility index (Phi) is 9.18. The minimum atomic E-state index is -0.229. The van der Waals surface area contributed by atoms with Gasteiger partial charge in [-0.2, -0.15) is 10.2 Å². The first-order valence-corrected chi connectivity index (χ1v) is 17.6. The van der Waals surface area contributed by atoms with Gasteiger partial charge in [-0.1, -0.05) is 83.7 Å². The van der Waals surface area contributed by atoms with E-state index >= 15 is 0 Å². The quantitative estimate of drug-likeness (QED) is 0.165. The largest absolute Gasteiger partial charge is 0.458 e. The smallest absolute Gasteiger partial charge is 0.338 e. The van der Waals surface area contributed by atoms with Gasteiger partial charge in [0.1, 0.15) is 6.10 Å². The van der Waals surface area contributed by atoms with Crippen LogP contribution in [0.4, 0.5) is 11.4 Å². The molecule has 4 aliphatic carbocycles. The lowest BCUT2D eigenvalue weighted by molar-refractivity contribution is -0.0594. The van der Waals surface area contributed by atoms with Crippen LogP contribution in [-0.4, -0.2) is 12.1 Å². The number of rotatable bonds is 9. The van der Waals surface area contributed by atoms with Gasteiger partial charge in [-0.15, -0.1) is 0 Å². The highest BCUT2D eigenvalue weighted by molar-refractivity contribution is 5.89. The van der Waals surface area contributed by atoms with Gasteiger partial charge >= 0.3 is 5.97 Å². The second-order valence-corrected chi connectivity index (χ2v) is 15.6. The van der Waals surface area contributed by atoms with Crippen LogP contribution in [0.15, 0.2) is 76.5 Å². The number of fused-ring (bicyclic) bond motifs is 5. The van der Waals surface area contributed by atoms with Crippen LogP contribution in [0.3, 0.4) is 0 Å². The number of nitrogens with zero attached hydrogens (tertiary/aromatic N) is 2. The van der Waals surface area contributed by atoms with Crippen LogP contribution in [0.5, 0.6) is 0 Å². The Labute approximate surface area is 266 Å². The van der Waals surface area contributed by atoms with Gasteiger partial charge in [0.15, 0.2) is 0 Å². The Hall–Kier alpha value is -2.75. The van der Waals surface area contributed by atoms with E-state index < -0.39 is 0 Å². The molecule has 6 rings (SSSR count). The number of benzene rings is 2. The Morgan fingerprint density at radius 3 is 2.32 bits per heavy atom. The summed E-state index contributed by atoms with van der Waals surface area (Å²) in [6, 6.07) is 16.9. The minimum Gasteiger partial charge on any atom is -0.458 e. The molecule has 0 amide bonds. The molecule has 3 fully saturated rings. The Morgan fingerprint density at radius 2 is 1.59 bits per heavy atom. The average Bonchev–Trinajstić information content (AvgIpc) is 3.38. The van der Waals surface area contributed by atoms with E-state index in [1.807, 2.05) is 42.5 Å². The van der Waals surface area contributed by atoms with Gasteiger partial charge in [0.2, 0.25) is 0 Å². The number of esters is 1. The Morgan fingerprint density at radius 1 is 0.864 bits per heavy atom. The Bertz CT molecular complexity index is 1350. The van der Waals surface area contributed by atoms with Crippen molar-refractivity contribution >= 4 is 17.3 Å². The fraction of sp³-hybridized carbons (Fsp3) is 0.625. The molecule has 4 heteroatoms. The van der Waals surface area contributed by atoms with E-state index in [9.17, 15) is 4.79 Å². The lowest BCUT2D eigenvalue weighted by Gasteiger charge is -2.58. The van der Waals surface area contributed by atoms with Crippen LogP contribution in [0.2, 0.25) is 0 Å². The molecule has 0 saturated heterocycles. The predicted molar refractivity (Wildman–Crippen MR) is 179 cm³/mol. The first-order valence-electron chi connectivity index (χ1n) is 17.6. The lowest BCUT2D eigenvalue weighted by Crippen LogP contribution is -2.51. The topological polar surface area (TPSA) is 51.0 Å². The van der Waals surface area contributed by atoms with E-state index in [1.165, 1.54) is 51.4 Å². The summed E-state index contributed by atoms with van der Waals surface area (Å²) < 4.78 is 6.12. The summed E-state index contributed by atoms with van der Waals surface area (Å²) in [5, 5.41) is 8.57. The molecule has 4 nitrogen and oxygen atoms in total. The summed E-state index contributed by atoms with van der Waals surface area (Å²) in [5.74, 6) is 4.82. The normalized spacial score (nSPS) is 33.8. The zero-order chi connectivity index (χ0) is 30.9. The van der Waals surface area contributed by atoms with Crippen LogP contribution < -0.4 is 0 Å². The van der Waals surface area contributed by atoms with E-state index in [1.54, 1.807) is 17.7 Å². The number of carbonyl (C=O) groups excluding carboxylic acids is 1. The highest BCUT2D eigenvalue weighted by atomic mass is 16.5. The maximum atomic E-state index is 13.1. The van der Waals surface area contributed by atoms with Gasteiger partial charge in [-0.25, -0.2) is 4.79 Å². The summed E-state index contributed by atoms with van der Waals surface area (Å²) in [5.41, 5.74) is 4.46. The number of hydrogen-bond donors (Lipinski definition) is 0. The summed E-state index contributed by atoms with van der Waals surface area (Å²) in [4.78, 5) is 13.1. The molecule has 8 unspecified atom stereocenters. The predicted octanol–water partition coefficient (Wildman–Crippen LogP) is 11.7. The monoisotopic (exact) mass is 594 g/mol. The standard InChI is InChI=1S/C40H54N2O2/c1-27(2)10-9-11-28(3)35-20-21-36-34-19-16-30-26-33(22-24-39(30,4)37(34)23-25-40(35,36)5)44-38(43)29-14-17-32(18-15-29)42-41-31-12-7-6-8-13-31/h6-8,12-18,27-28,33-37H,9-11,19-26H2,1-5H3/b42-41+. The number of allylic oxidation sites excluding steroid dienone is 1. The molecule has 44 heavy (non-hydrogen) atoms.